The highest BCUT2D eigenvalue weighted by Gasteiger charge is 2.17. The fourth-order valence-corrected chi connectivity index (χ4v) is 4.31. The lowest BCUT2D eigenvalue weighted by Crippen LogP contribution is -2.16. The van der Waals surface area contributed by atoms with Crippen LogP contribution >= 0.6 is 0 Å². The van der Waals surface area contributed by atoms with Crippen LogP contribution in [-0.2, 0) is 23.5 Å². The number of halogens is 2. The van der Waals surface area contributed by atoms with Crippen LogP contribution in [0.4, 0.5) is 14.5 Å². The van der Waals surface area contributed by atoms with E-state index < -0.39 is 21.7 Å². The average Bonchev–Trinajstić information content (AvgIpc) is 2.79. The number of benzene rings is 3. The second-order valence-electron chi connectivity index (χ2n) is 7.57. The summed E-state index contributed by atoms with van der Waals surface area (Å²) in [6, 6.07) is 15.4. The highest BCUT2D eigenvalue weighted by atomic mass is 32.2. The van der Waals surface area contributed by atoms with Gasteiger partial charge in [0.2, 0.25) is 0 Å². The Labute approximate surface area is 189 Å². The summed E-state index contributed by atoms with van der Waals surface area (Å²) in [5.74, 6) is -1.36. The first-order valence-corrected chi connectivity index (χ1v) is 11.5. The molecule has 0 radical (unpaired) electrons. The van der Waals surface area contributed by atoms with Crippen molar-refractivity contribution in [3.8, 4) is 11.1 Å². The Morgan fingerprint density at radius 1 is 0.970 bits per heavy atom. The molecule has 1 heterocycles. The third kappa shape index (κ3) is 4.42. The molecule has 1 aromatic heterocycles. The summed E-state index contributed by atoms with van der Waals surface area (Å²) in [4.78, 5) is 12.6. The maximum Gasteiger partial charge on any atom is 0.258 e. The summed E-state index contributed by atoms with van der Waals surface area (Å²) >= 11 is 0. The van der Waals surface area contributed by atoms with E-state index in [-0.39, 0.29) is 23.2 Å². The van der Waals surface area contributed by atoms with Gasteiger partial charge in [0.25, 0.3) is 15.6 Å². The highest BCUT2D eigenvalue weighted by Crippen LogP contribution is 2.34. The largest absolute Gasteiger partial charge is 0.317 e. The van der Waals surface area contributed by atoms with Crippen LogP contribution in [0.1, 0.15) is 11.1 Å². The van der Waals surface area contributed by atoms with Crippen LogP contribution in [0.25, 0.3) is 21.9 Å². The van der Waals surface area contributed by atoms with Crippen molar-refractivity contribution >= 4 is 26.5 Å². The zero-order valence-corrected chi connectivity index (χ0v) is 18.5. The van der Waals surface area contributed by atoms with E-state index in [9.17, 15) is 22.0 Å². The van der Waals surface area contributed by atoms with Gasteiger partial charge in [-0.25, -0.2) is 17.2 Å². The molecule has 4 aromatic rings. The number of nitrogens with zero attached hydrogens (tertiary/aromatic N) is 1. The molecule has 0 saturated carbocycles. The van der Waals surface area contributed by atoms with Gasteiger partial charge in [-0.2, -0.15) is 0 Å². The zero-order valence-electron chi connectivity index (χ0n) is 17.7. The van der Waals surface area contributed by atoms with Gasteiger partial charge in [-0.3, -0.25) is 9.52 Å². The van der Waals surface area contributed by atoms with Crippen LogP contribution < -0.4 is 10.3 Å². The van der Waals surface area contributed by atoms with E-state index in [1.165, 1.54) is 28.8 Å². The number of hydrogen-bond acceptors (Lipinski definition) is 3. The Morgan fingerprint density at radius 3 is 2.30 bits per heavy atom. The molecule has 4 rings (SSSR count). The molecular formula is C25H20F2N2O3S. The molecule has 1 N–H and O–H groups in total. The molecule has 33 heavy (non-hydrogen) atoms. The summed E-state index contributed by atoms with van der Waals surface area (Å²) in [6.45, 7) is 3.29. The SMILES string of the molecule is C=CS(=O)(=O)Nc1ccc(Cc2c(F)cccc2F)c(-c2cn(C)c(=O)c3ccccc23)c1. The smallest absolute Gasteiger partial charge is 0.258 e. The normalized spacial score (nSPS) is 11.5. The van der Waals surface area contributed by atoms with Crippen LogP contribution in [0.5, 0.6) is 0 Å². The van der Waals surface area contributed by atoms with Crippen molar-refractivity contribution < 1.29 is 17.2 Å². The monoisotopic (exact) mass is 466 g/mol. The summed E-state index contributed by atoms with van der Waals surface area (Å²) in [6.07, 6.45) is 1.56. The quantitative estimate of drug-likeness (QED) is 0.437. The molecule has 5 nitrogen and oxygen atoms in total. The second kappa shape index (κ2) is 8.63. The summed E-state index contributed by atoms with van der Waals surface area (Å²) < 4.78 is 56.7. The van der Waals surface area contributed by atoms with Crippen LogP contribution in [0, 0.1) is 11.6 Å². The van der Waals surface area contributed by atoms with Crippen LogP contribution in [-0.4, -0.2) is 13.0 Å². The molecule has 0 unspecified atom stereocenters. The Morgan fingerprint density at radius 2 is 1.64 bits per heavy atom. The number of sulfonamides is 1. The standard InChI is InChI=1S/C25H20F2N2O3S/c1-3-33(31,32)28-17-12-11-16(13-21-23(26)9-6-10-24(21)27)20(14-17)22-15-29(2)25(30)19-8-5-4-7-18(19)22/h3-12,14-15,28H,1,13H2,2H3. The molecule has 0 spiro atoms. The first-order valence-electron chi connectivity index (χ1n) is 10.00. The van der Waals surface area contributed by atoms with Crippen molar-refractivity contribution in [2.24, 2.45) is 7.05 Å². The van der Waals surface area contributed by atoms with Crippen molar-refractivity contribution in [1.29, 1.82) is 0 Å². The van der Waals surface area contributed by atoms with Gasteiger partial charge in [-0.15, -0.1) is 0 Å². The van der Waals surface area contributed by atoms with Gasteiger partial charge in [0, 0.05) is 47.3 Å². The Kier molecular flexibility index (Phi) is 5.86. The first-order chi connectivity index (χ1) is 15.7. The van der Waals surface area contributed by atoms with E-state index in [1.54, 1.807) is 49.6 Å². The fourth-order valence-electron chi connectivity index (χ4n) is 3.77. The molecule has 0 atom stereocenters. The molecule has 0 aliphatic heterocycles. The van der Waals surface area contributed by atoms with Crippen molar-refractivity contribution in [1.82, 2.24) is 4.57 Å². The molecule has 168 valence electrons. The predicted molar refractivity (Wildman–Crippen MR) is 127 cm³/mol. The zero-order chi connectivity index (χ0) is 23.8. The Hall–Kier alpha value is -3.78. The number of aryl methyl sites for hydroxylation is 1. The lowest BCUT2D eigenvalue weighted by molar-refractivity contribution is 0.561. The maximum atomic E-state index is 14.4. The predicted octanol–water partition coefficient (Wildman–Crippen LogP) is 4.96. The van der Waals surface area contributed by atoms with E-state index in [4.69, 9.17) is 0 Å². The van der Waals surface area contributed by atoms with Crippen LogP contribution in [0.2, 0.25) is 0 Å². The van der Waals surface area contributed by atoms with Crippen molar-refractivity contribution in [3.05, 3.63) is 112 Å². The number of hydrogen-bond donors (Lipinski definition) is 1. The van der Waals surface area contributed by atoms with Crippen molar-refractivity contribution in [2.75, 3.05) is 4.72 Å². The van der Waals surface area contributed by atoms with E-state index in [0.717, 1.165) is 5.41 Å². The third-order valence-corrected chi connectivity index (χ3v) is 6.36. The number of pyridine rings is 1. The molecule has 0 fully saturated rings. The molecule has 0 amide bonds. The molecule has 0 saturated heterocycles. The molecular weight excluding hydrogens is 446 g/mol. The lowest BCUT2D eigenvalue weighted by atomic mass is 9.92. The van der Waals surface area contributed by atoms with Gasteiger partial charge in [0.05, 0.1) is 0 Å². The van der Waals surface area contributed by atoms with Crippen molar-refractivity contribution in [2.45, 2.75) is 6.42 Å². The first kappa shape index (κ1) is 22.4. The molecule has 0 aliphatic carbocycles. The van der Waals surface area contributed by atoms with Crippen molar-refractivity contribution in [3.63, 3.8) is 0 Å². The van der Waals surface area contributed by atoms with Gasteiger partial charge in [-0.1, -0.05) is 36.9 Å². The summed E-state index contributed by atoms with van der Waals surface area (Å²) in [5.41, 5.74) is 1.67. The topological polar surface area (TPSA) is 68.2 Å². The lowest BCUT2D eigenvalue weighted by Gasteiger charge is -2.16. The van der Waals surface area contributed by atoms with Gasteiger partial charge in [0.15, 0.2) is 0 Å². The number of aromatic nitrogens is 1. The molecule has 0 bridgehead atoms. The second-order valence-corrected chi connectivity index (χ2v) is 9.19. The maximum absolute atomic E-state index is 14.4. The minimum Gasteiger partial charge on any atom is -0.317 e. The highest BCUT2D eigenvalue weighted by molar-refractivity contribution is 7.95. The fraction of sp³-hybridized carbons (Fsp3) is 0.0800. The van der Waals surface area contributed by atoms with Gasteiger partial charge >= 0.3 is 0 Å². The minimum absolute atomic E-state index is 0.0699. The van der Waals surface area contributed by atoms with Crippen LogP contribution in [0.3, 0.4) is 0 Å². The van der Waals surface area contributed by atoms with E-state index >= 15 is 0 Å². The Balaban J connectivity index is 1.99. The molecule has 3 aromatic carbocycles. The van der Waals surface area contributed by atoms with Gasteiger partial charge in [-0.05, 0) is 46.8 Å². The number of anilines is 1. The van der Waals surface area contributed by atoms with Gasteiger partial charge < -0.3 is 4.57 Å². The van der Waals surface area contributed by atoms with Crippen LogP contribution in [0.15, 0.2) is 83.6 Å². The minimum atomic E-state index is -3.78. The molecule has 8 heteroatoms. The number of fused-ring (bicyclic) bond motifs is 1. The number of nitrogens with one attached hydrogen (secondary N) is 1. The molecule has 0 aliphatic rings. The summed E-state index contributed by atoms with van der Waals surface area (Å²) in [7, 11) is -2.17. The average molecular weight is 467 g/mol. The Bertz CT molecular complexity index is 1540. The third-order valence-electron chi connectivity index (χ3n) is 5.40. The van der Waals surface area contributed by atoms with E-state index in [2.05, 4.69) is 11.3 Å². The summed E-state index contributed by atoms with van der Waals surface area (Å²) in [5, 5.41) is 1.90. The van der Waals surface area contributed by atoms with Gasteiger partial charge in [0.1, 0.15) is 11.6 Å². The van der Waals surface area contributed by atoms with E-state index in [1.807, 2.05) is 0 Å². The number of rotatable bonds is 6. The van der Waals surface area contributed by atoms with E-state index in [0.29, 0.717) is 27.5 Å².